The second-order valence-corrected chi connectivity index (χ2v) is 5.18. The molecular formula is C18H21FN2O2. The number of methoxy groups -OCH3 is 1. The third-order valence-corrected chi connectivity index (χ3v) is 3.49. The first kappa shape index (κ1) is 17.0. The Hall–Kier alpha value is -2.40. The van der Waals surface area contributed by atoms with Crippen molar-refractivity contribution in [2.24, 2.45) is 0 Å². The number of carbonyl (C=O) groups is 1. The van der Waals surface area contributed by atoms with Crippen molar-refractivity contribution in [1.29, 1.82) is 0 Å². The molecule has 122 valence electrons. The fourth-order valence-corrected chi connectivity index (χ4v) is 2.31. The molecule has 0 saturated heterocycles. The minimum absolute atomic E-state index is 0.132. The van der Waals surface area contributed by atoms with Gasteiger partial charge in [0.05, 0.1) is 19.3 Å². The molecule has 2 rings (SSSR count). The number of para-hydroxylation sites is 2. The summed E-state index contributed by atoms with van der Waals surface area (Å²) < 4.78 is 18.5. The third-order valence-electron chi connectivity index (χ3n) is 3.49. The lowest BCUT2D eigenvalue weighted by molar-refractivity contribution is -0.117. The number of likely N-dealkylation sites (N-methyl/N-ethyl adjacent to an activating group) is 1. The standard InChI is InChI=1S/C18H21FN2O2/c1-3-21(12-14-7-6-8-15(19)11-14)13-18(22)20-16-9-4-5-10-17(16)23-2/h4-11H,3,12-13H2,1-2H3,(H,20,22). The monoisotopic (exact) mass is 316 g/mol. The molecule has 23 heavy (non-hydrogen) atoms. The van der Waals surface area contributed by atoms with Gasteiger partial charge in [0, 0.05) is 6.54 Å². The van der Waals surface area contributed by atoms with E-state index in [0.717, 1.165) is 5.56 Å². The van der Waals surface area contributed by atoms with Crippen molar-refractivity contribution in [3.05, 3.63) is 59.9 Å². The maximum atomic E-state index is 13.2. The largest absolute Gasteiger partial charge is 0.495 e. The molecule has 0 bridgehead atoms. The molecule has 0 aliphatic carbocycles. The average Bonchev–Trinajstić information content (AvgIpc) is 2.54. The predicted octanol–water partition coefficient (Wildman–Crippen LogP) is 3.29. The minimum Gasteiger partial charge on any atom is -0.495 e. The second kappa shape index (κ2) is 8.29. The van der Waals surface area contributed by atoms with E-state index < -0.39 is 0 Å². The highest BCUT2D eigenvalue weighted by atomic mass is 19.1. The van der Waals surface area contributed by atoms with Crippen LogP contribution in [0.1, 0.15) is 12.5 Å². The molecular weight excluding hydrogens is 295 g/mol. The first-order chi connectivity index (χ1) is 11.1. The van der Waals surface area contributed by atoms with E-state index in [-0.39, 0.29) is 18.3 Å². The molecule has 0 unspecified atom stereocenters. The quantitative estimate of drug-likeness (QED) is 0.852. The lowest BCUT2D eigenvalue weighted by atomic mass is 10.2. The molecule has 2 aromatic rings. The minimum atomic E-state index is -0.267. The highest BCUT2D eigenvalue weighted by molar-refractivity contribution is 5.93. The van der Waals surface area contributed by atoms with E-state index in [9.17, 15) is 9.18 Å². The fourth-order valence-electron chi connectivity index (χ4n) is 2.31. The molecule has 1 amide bonds. The summed E-state index contributed by atoms with van der Waals surface area (Å²) in [5.41, 5.74) is 1.48. The van der Waals surface area contributed by atoms with Crippen LogP contribution in [0.25, 0.3) is 0 Å². The zero-order valence-corrected chi connectivity index (χ0v) is 13.4. The van der Waals surface area contributed by atoms with Gasteiger partial charge in [0.25, 0.3) is 0 Å². The van der Waals surface area contributed by atoms with Gasteiger partial charge in [-0.15, -0.1) is 0 Å². The fraction of sp³-hybridized carbons (Fsp3) is 0.278. The number of hydrogen-bond acceptors (Lipinski definition) is 3. The molecule has 0 aromatic heterocycles. The van der Waals surface area contributed by atoms with E-state index in [0.29, 0.717) is 24.5 Å². The Morgan fingerprint density at radius 3 is 2.70 bits per heavy atom. The van der Waals surface area contributed by atoms with Crippen molar-refractivity contribution in [3.8, 4) is 5.75 Å². The van der Waals surface area contributed by atoms with Crippen molar-refractivity contribution < 1.29 is 13.9 Å². The molecule has 1 N–H and O–H groups in total. The SMILES string of the molecule is CCN(CC(=O)Nc1ccccc1OC)Cc1cccc(F)c1. The molecule has 0 aliphatic rings. The van der Waals surface area contributed by atoms with Gasteiger partial charge in [-0.05, 0) is 36.4 Å². The number of halogens is 1. The number of anilines is 1. The zero-order valence-electron chi connectivity index (χ0n) is 13.4. The Morgan fingerprint density at radius 1 is 1.22 bits per heavy atom. The zero-order chi connectivity index (χ0) is 16.7. The van der Waals surface area contributed by atoms with Crippen LogP contribution in [0.3, 0.4) is 0 Å². The van der Waals surface area contributed by atoms with E-state index >= 15 is 0 Å². The highest BCUT2D eigenvalue weighted by Gasteiger charge is 2.12. The molecule has 4 nitrogen and oxygen atoms in total. The Labute approximate surface area is 135 Å². The van der Waals surface area contributed by atoms with E-state index in [1.54, 1.807) is 25.3 Å². The first-order valence-electron chi connectivity index (χ1n) is 7.52. The van der Waals surface area contributed by atoms with Gasteiger partial charge in [-0.1, -0.05) is 31.2 Å². The van der Waals surface area contributed by atoms with Crippen LogP contribution in [0, 0.1) is 5.82 Å². The Balaban J connectivity index is 1.97. The Bertz CT molecular complexity index is 661. The van der Waals surface area contributed by atoms with Crippen molar-refractivity contribution >= 4 is 11.6 Å². The summed E-state index contributed by atoms with van der Waals surface area (Å²) in [6.07, 6.45) is 0. The number of ether oxygens (including phenoxy) is 1. The van der Waals surface area contributed by atoms with Gasteiger partial charge in [0.1, 0.15) is 11.6 Å². The number of benzene rings is 2. The van der Waals surface area contributed by atoms with Gasteiger partial charge in [0.15, 0.2) is 0 Å². The summed E-state index contributed by atoms with van der Waals surface area (Å²) in [6.45, 7) is 3.41. The summed E-state index contributed by atoms with van der Waals surface area (Å²) in [5.74, 6) is 0.221. The van der Waals surface area contributed by atoms with E-state index in [1.807, 2.05) is 30.0 Å². The summed E-state index contributed by atoms with van der Waals surface area (Å²) in [5, 5.41) is 2.84. The molecule has 0 atom stereocenters. The highest BCUT2D eigenvalue weighted by Crippen LogP contribution is 2.22. The van der Waals surface area contributed by atoms with Crippen molar-refractivity contribution in [2.45, 2.75) is 13.5 Å². The molecule has 0 aliphatic heterocycles. The lowest BCUT2D eigenvalue weighted by Crippen LogP contribution is -2.32. The number of nitrogens with one attached hydrogen (secondary N) is 1. The number of rotatable bonds is 7. The number of amides is 1. The van der Waals surface area contributed by atoms with Gasteiger partial charge in [0.2, 0.25) is 5.91 Å². The van der Waals surface area contributed by atoms with Crippen molar-refractivity contribution in [3.63, 3.8) is 0 Å². The molecule has 2 aromatic carbocycles. The number of hydrogen-bond donors (Lipinski definition) is 1. The molecule has 0 saturated carbocycles. The van der Waals surface area contributed by atoms with Gasteiger partial charge < -0.3 is 10.1 Å². The number of carbonyl (C=O) groups excluding carboxylic acids is 1. The average molecular weight is 316 g/mol. The summed E-state index contributed by atoms with van der Waals surface area (Å²) in [4.78, 5) is 14.2. The molecule has 0 radical (unpaired) electrons. The van der Waals surface area contributed by atoms with Gasteiger partial charge in [-0.3, -0.25) is 9.69 Å². The third kappa shape index (κ3) is 5.07. The first-order valence-corrected chi connectivity index (χ1v) is 7.52. The van der Waals surface area contributed by atoms with E-state index in [1.165, 1.54) is 12.1 Å². The van der Waals surface area contributed by atoms with Crippen LogP contribution in [-0.2, 0) is 11.3 Å². The molecule has 0 spiro atoms. The maximum Gasteiger partial charge on any atom is 0.238 e. The molecule has 5 heteroatoms. The molecule has 0 fully saturated rings. The van der Waals surface area contributed by atoms with Crippen LogP contribution in [0.5, 0.6) is 5.75 Å². The predicted molar refractivity (Wildman–Crippen MR) is 89.0 cm³/mol. The van der Waals surface area contributed by atoms with Crippen molar-refractivity contribution in [2.75, 3.05) is 25.5 Å². The summed E-state index contributed by atoms with van der Waals surface area (Å²) >= 11 is 0. The topological polar surface area (TPSA) is 41.6 Å². The smallest absolute Gasteiger partial charge is 0.238 e. The van der Waals surface area contributed by atoms with Crippen LogP contribution in [0.15, 0.2) is 48.5 Å². The number of nitrogens with zero attached hydrogens (tertiary/aromatic N) is 1. The van der Waals surface area contributed by atoms with E-state index in [4.69, 9.17) is 4.74 Å². The van der Waals surface area contributed by atoms with Crippen LogP contribution in [0.2, 0.25) is 0 Å². The van der Waals surface area contributed by atoms with Gasteiger partial charge in [-0.25, -0.2) is 4.39 Å². The van der Waals surface area contributed by atoms with E-state index in [2.05, 4.69) is 5.32 Å². The summed E-state index contributed by atoms with van der Waals surface area (Å²) in [6, 6.07) is 13.7. The maximum absolute atomic E-state index is 13.2. The van der Waals surface area contributed by atoms with Gasteiger partial charge >= 0.3 is 0 Å². The van der Waals surface area contributed by atoms with Gasteiger partial charge in [-0.2, -0.15) is 0 Å². The van der Waals surface area contributed by atoms with Crippen molar-refractivity contribution in [1.82, 2.24) is 4.90 Å². The lowest BCUT2D eigenvalue weighted by Gasteiger charge is -2.20. The summed E-state index contributed by atoms with van der Waals surface area (Å²) in [7, 11) is 1.56. The van der Waals surface area contributed by atoms with Crippen LogP contribution in [0.4, 0.5) is 10.1 Å². The normalized spacial score (nSPS) is 10.6. The van der Waals surface area contributed by atoms with Crippen LogP contribution >= 0.6 is 0 Å². The molecule has 0 heterocycles. The Kier molecular flexibility index (Phi) is 6.11. The van der Waals surface area contributed by atoms with Crippen LogP contribution < -0.4 is 10.1 Å². The Morgan fingerprint density at radius 2 is 2.00 bits per heavy atom. The second-order valence-electron chi connectivity index (χ2n) is 5.18. The van der Waals surface area contributed by atoms with Crippen LogP contribution in [-0.4, -0.2) is 31.0 Å².